The Morgan fingerprint density at radius 1 is 0.895 bits per heavy atom. The summed E-state index contributed by atoms with van der Waals surface area (Å²) in [5.74, 6) is 0. The maximum Gasteiger partial charge on any atom is 0.0400 e. The van der Waals surface area contributed by atoms with Crippen molar-refractivity contribution < 1.29 is 0 Å². The molecule has 0 amide bonds. The van der Waals surface area contributed by atoms with Gasteiger partial charge in [0.05, 0.1) is 0 Å². The van der Waals surface area contributed by atoms with Gasteiger partial charge in [-0.2, -0.15) is 0 Å². The fourth-order valence-corrected chi connectivity index (χ4v) is 2.19. The van der Waals surface area contributed by atoms with Gasteiger partial charge in [0.25, 0.3) is 0 Å². The van der Waals surface area contributed by atoms with Crippen molar-refractivity contribution in [3.8, 4) is 0 Å². The second-order valence-corrected chi connectivity index (χ2v) is 5.29. The van der Waals surface area contributed by atoms with Gasteiger partial charge < -0.3 is 10.2 Å². The Kier molecular flexibility index (Phi) is 4.10. The largest absolute Gasteiger partial charge is 0.381 e. The van der Waals surface area contributed by atoms with E-state index in [1.54, 1.807) is 0 Å². The summed E-state index contributed by atoms with van der Waals surface area (Å²) in [7, 11) is 4.12. The van der Waals surface area contributed by atoms with Crippen LogP contribution >= 0.6 is 0 Å². The van der Waals surface area contributed by atoms with Crippen LogP contribution in [0.5, 0.6) is 0 Å². The molecule has 100 valence electrons. The SMILES string of the molecule is Cc1cc(C)cc(NCc2ccc(N(C)C)cc2)c1. The molecule has 1 N–H and O–H groups in total. The summed E-state index contributed by atoms with van der Waals surface area (Å²) >= 11 is 0. The van der Waals surface area contributed by atoms with Crippen molar-refractivity contribution in [1.29, 1.82) is 0 Å². The van der Waals surface area contributed by atoms with E-state index in [1.807, 2.05) is 0 Å². The van der Waals surface area contributed by atoms with Gasteiger partial charge in [-0.3, -0.25) is 0 Å². The van der Waals surface area contributed by atoms with Crippen molar-refractivity contribution in [3.05, 3.63) is 59.2 Å². The van der Waals surface area contributed by atoms with Gasteiger partial charge in [-0.05, 0) is 54.8 Å². The number of aryl methyl sites for hydroxylation is 2. The van der Waals surface area contributed by atoms with Crippen molar-refractivity contribution in [3.63, 3.8) is 0 Å². The second kappa shape index (κ2) is 5.79. The lowest BCUT2D eigenvalue weighted by Crippen LogP contribution is -2.08. The topological polar surface area (TPSA) is 15.3 Å². The van der Waals surface area contributed by atoms with Crippen LogP contribution in [-0.2, 0) is 6.54 Å². The monoisotopic (exact) mass is 254 g/mol. The molecule has 2 aromatic rings. The van der Waals surface area contributed by atoms with E-state index in [-0.39, 0.29) is 0 Å². The summed E-state index contributed by atoms with van der Waals surface area (Å²) in [5.41, 5.74) is 6.31. The zero-order chi connectivity index (χ0) is 13.8. The average molecular weight is 254 g/mol. The smallest absolute Gasteiger partial charge is 0.0400 e. The van der Waals surface area contributed by atoms with Gasteiger partial charge in [0.2, 0.25) is 0 Å². The number of nitrogens with zero attached hydrogens (tertiary/aromatic N) is 1. The highest BCUT2D eigenvalue weighted by Crippen LogP contribution is 2.16. The Morgan fingerprint density at radius 3 is 2.00 bits per heavy atom. The van der Waals surface area contributed by atoms with Gasteiger partial charge in [0.1, 0.15) is 0 Å². The standard InChI is InChI=1S/C17H22N2/c1-13-9-14(2)11-16(10-13)18-12-15-5-7-17(8-6-15)19(3)4/h5-11,18H,12H2,1-4H3. The van der Waals surface area contributed by atoms with E-state index < -0.39 is 0 Å². The minimum Gasteiger partial charge on any atom is -0.381 e. The molecule has 2 nitrogen and oxygen atoms in total. The normalized spacial score (nSPS) is 10.3. The number of rotatable bonds is 4. The molecule has 2 rings (SSSR count). The summed E-state index contributed by atoms with van der Waals surface area (Å²) in [6.07, 6.45) is 0. The van der Waals surface area contributed by atoms with Gasteiger partial charge in [0.15, 0.2) is 0 Å². The van der Waals surface area contributed by atoms with E-state index >= 15 is 0 Å². The molecule has 0 spiro atoms. The molecule has 0 radical (unpaired) electrons. The van der Waals surface area contributed by atoms with Crippen LogP contribution in [0.3, 0.4) is 0 Å². The van der Waals surface area contributed by atoms with E-state index in [0.717, 1.165) is 6.54 Å². The quantitative estimate of drug-likeness (QED) is 0.887. The Balaban J connectivity index is 2.02. The van der Waals surface area contributed by atoms with E-state index in [9.17, 15) is 0 Å². The molecule has 0 bridgehead atoms. The van der Waals surface area contributed by atoms with Gasteiger partial charge in [-0.25, -0.2) is 0 Å². The van der Waals surface area contributed by atoms with Crippen LogP contribution < -0.4 is 10.2 Å². The summed E-state index contributed by atoms with van der Waals surface area (Å²) < 4.78 is 0. The van der Waals surface area contributed by atoms with Gasteiger partial charge in [-0.1, -0.05) is 18.2 Å². The fourth-order valence-electron chi connectivity index (χ4n) is 2.19. The summed E-state index contributed by atoms with van der Waals surface area (Å²) in [4.78, 5) is 2.11. The number of hydrogen-bond donors (Lipinski definition) is 1. The predicted molar refractivity (Wildman–Crippen MR) is 84.0 cm³/mol. The van der Waals surface area contributed by atoms with Crippen molar-refractivity contribution in [1.82, 2.24) is 0 Å². The zero-order valence-corrected chi connectivity index (χ0v) is 12.2. The second-order valence-electron chi connectivity index (χ2n) is 5.29. The minimum atomic E-state index is 0.858. The van der Waals surface area contributed by atoms with E-state index in [2.05, 4.69) is 80.6 Å². The van der Waals surface area contributed by atoms with Crippen LogP contribution in [-0.4, -0.2) is 14.1 Å². The van der Waals surface area contributed by atoms with E-state index in [4.69, 9.17) is 0 Å². The first-order valence-corrected chi connectivity index (χ1v) is 6.63. The molecule has 0 heterocycles. The Morgan fingerprint density at radius 2 is 1.47 bits per heavy atom. The number of anilines is 2. The lowest BCUT2D eigenvalue weighted by molar-refractivity contribution is 1.11. The van der Waals surface area contributed by atoms with E-state index in [0.29, 0.717) is 0 Å². The number of nitrogens with one attached hydrogen (secondary N) is 1. The molecular formula is C17H22N2. The van der Waals surface area contributed by atoms with Crippen LogP contribution in [0.2, 0.25) is 0 Å². The molecule has 0 aliphatic rings. The first-order chi connectivity index (χ1) is 9.04. The van der Waals surface area contributed by atoms with E-state index in [1.165, 1.54) is 28.1 Å². The minimum absolute atomic E-state index is 0.858. The number of hydrogen-bond acceptors (Lipinski definition) is 2. The molecule has 19 heavy (non-hydrogen) atoms. The van der Waals surface area contributed by atoms with Crippen molar-refractivity contribution in [2.24, 2.45) is 0 Å². The maximum atomic E-state index is 3.48. The first-order valence-electron chi connectivity index (χ1n) is 6.63. The summed E-state index contributed by atoms with van der Waals surface area (Å²) in [6, 6.07) is 15.2. The van der Waals surface area contributed by atoms with Crippen molar-refractivity contribution in [2.75, 3.05) is 24.3 Å². The van der Waals surface area contributed by atoms with Crippen LogP contribution in [0, 0.1) is 13.8 Å². The van der Waals surface area contributed by atoms with Crippen LogP contribution in [0.4, 0.5) is 11.4 Å². The molecule has 0 aromatic heterocycles. The zero-order valence-electron chi connectivity index (χ0n) is 12.2. The molecule has 0 fully saturated rings. The molecule has 0 atom stereocenters. The Hall–Kier alpha value is -1.96. The van der Waals surface area contributed by atoms with Gasteiger partial charge in [-0.15, -0.1) is 0 Å². The third-order valence-corrected chi connectivity index (χ3v) is 3.17. The molecule has 2 aromatic carbocycles. The molecule has 0 aliphatic carbocycles. The lowest BCUT2D eigenvalue weighted by atomic mass is 10.1. The summed E-state index contributed by atoms with van der Waals surface area (Å²) in [5, 5.41) is 3.48. The fraction of sp³-hybridized carbons (Fsp3) is 0.294. The summed E-state index contributed by atoms with van der Waals surface area (Å²) in [6.45, 7) is 5.12. The molecular weight excluding hydrogens is 232 g/mol. The predicted octanol–water partition coefficient (Wildman–Crippen LogP) is 3.98. The molecule has 0 aliphatic heterocycles. The van der Waals surface area contributed by atoms with Gasteiger partial charge in [0, 0.05) is 32.0 Å². The third-order valence-electron chi connectivity index (χ3n) is 3.17. The molecule has 0 saturated carbocycles. The number of benzene rings is 2. The third kappa shape index (κ3) is 3.75. The van der Waals surface area contributed by atoms with Crippen LogP contribution in [0.25, 0.3) is 0 Å². The van der Waals surface area contributed by atoms with Crippen LogP contribution in [0.15, 0.2) is 42.5 Å². The molecule has 0 unspecified atom stereocenters. The van der Waals surface area contributed by atoms with Gasteiger partial charge >= 0.3 is 0 Å². The highest BCUT2D eigenvalue weighted by Gasteiger charge is 1.98. The lowest BCUT2D eigenvalue weighted by Gasteiger charge is -2.13. The van der Waals surface area contributed by atoms with Crippen molar-refractivity contribution in [2.45, 2.75) is 20.4 Å². The maximum absolute atomic E-state index is 3.48. The Labute approximate surface area is 116 Å². The van der Waals surface area contributed by atoms with Crippen LogP contribution in [0.1, 0.15) is 16.7 Å². The Bertz CT molecular complexity index is 521. The molecule has 2 heteroatoms. The molecule has 0 saturated heterocycles. The highest BCUT2D eigenvalue weighted by molar-refractivity contribution is 5.50. The first kappa shape index (κ1) is 13.5. The van der Waals surface area contributed by atoms with Crippen molar-refractivity contribution >= 4 is 11.4 Å². The average Bonchev–Trinajstić information content (AvgIpc) is 2.36. The highest BCUT2D eigenvalue weighted by atomic mass is 15.1.